The first kappa shape index (κ1) is 24.3. The minimum Gasteiger partial charge on any atom is -0.484 e. The fraction of sp³-hybridized carbons (Fsp3) is 0.364. The van der Waals surface area contributed by atoms with Crippen molar-refractivity contribution in [1.29, 1.82) is 0 Å². The van der Waals surface area contributed by atoms with Gasteiger partial charge in [-0.2, -0.15) is 0 Å². The number of ether oxygens (including phenoxy) is 1. The molecule has 0 aromatic heterocycles. The molecule has 0 heterocycles. The highest BCUT2D eigenvalue weighted by Gasteiger charge is 2.27. The van der Waals surface area contributed by atoms with Crippen molar-refractivity contribution in [3.8, 4) is 5.75 Å². The van der Waals surface area contributed by atoms with Crippen LogP contribution in [-0.2, 0) is 16.1 Å². The van der Waals surface area contributed by atoms with Crippen LogP contribution in [0.25, 0.3) is 0 Å². The van der Waals surface area contributed by atoms with Crippen LogP contribution in [0.1, 0.15) is 32.8 Å². The SMILES string of the molecule is CC[C@@H](C)NC(=O)[C@H](C)N(Cc1ccc(Cl)cc1Cl)C(=O)COc1ccc(Cl)cc1. The predicted octanol–water partition coefficient (Wildman–Crippen LogP) is 5.36. The molecule has 2 amide bonds. The maximum Gasteiger partial charge on any atom is 0.261 e. The van der Waals surface area contributed by atoms with E-state index in [4.69, 9.17) is 39.5 Å². The van der Waals surface area contributed by atoms with Gasteiger partial charge >= 0.3 is 0 Å². The second-order valence-corrected chi connectivity index (χ2v) is 8.27. The van der Waals surface area contributed by atoms with Crippen LogP contribution in [0.2, 0.25) is 15.1 Å². The van der Waals surface area contributed by atoms with Crippen LogP contribution in [0.15, 0.2) is 42.5 Å². The van der Waals surface area contributed by atoms with Crippen LogP contribution in [-0.4, -0.2) is 35.4 Å². The van der Waals surface area contributed by atoms with E-state index >= 15 is 0 Å². The van der Waals surface area contributed by atoms with Crippen LogP contribution in [0.5, 0.6) is 5.75 Å². The van der Waals surface area contributed by atoms with E-state index in [1.807, 2.05) is 13.8 Å². The van der Waals surface area contributed by atoms with Crippen molar-refractivity contribution in [2.24, 2.45) is 0 Å². The Morgan fingerprint density at radius 2 is 1.67 bits per heavy atom. The first-order chi connectivity index (χ1) is 14.2. The summed E-state index contributed by atoms with van der Waals surface area (Å²) in [5.74, 6) is -0.0778. The molecule has 0 aliphatic heterocycles. The number of rotatable bonds is 9. The molecule has 2 atom stereocenters. The third-order valence-electron chi connectivity index (χ3n) is 4.70. The molecule has 0 spiro atoms. The third kappa shape index (κ3) is 7.08. The van der Waals surface area contributed by atoms with Crippen LogP contribution < -0.4 is 10.1 Å². The number of benzene rings is 2. The van der Waals surface area contributed by atoms with Gasteiger partial charge in [0.05, 0.1) is 0 Å². The van der Waals surface area contributed by atoms with Gasteiger partial charge in [-0.25, -0.2) is 0 Å². The molecule has 0 saturated heterocycles. The van der Waals surface area contributed by atoms with Crippen molar-refractivity contribution < 1.29 is 14.3 Å². The normalized spacial score (nSPS) is 12.7. The zero-order valence-electron chi connectivity index (χ0n) is 17.1. The fourth-order valence-corrected chi connectivity index (χ4v) is 3.23. The van der Waals surface area contributed by atoms with Crippen molar-refractivity contribution in [2.45, 2.75) is 45.8 Å². The van der Waals surface area contributed by atoms with E-state index in [1.54, 1.807) is 49.4 Å². The average molecular weight is 472 g/mol. The Labute approximate surface area is 192 Å². The molecule has 0 fully saturated rings. The van der Waals surface area contributed by atoms with Gasteiger partial charge in [0, 0.05) is 27.7 Å². The lowest BCUT2D eigenvalue weighted by Gasteiger charge is -2.30. The van der Waals surface area contributed by atoms with Crippen LogP contribution in [0, 0.1) is 0 Å². The second-order valence-electron chi connectivity index (χ2n) is 6.99. The number of halogens is 3. The number of carbonyl (C=O) groups excluding carboxylic acids is 2. The van der Waals surface area contributed by atoms with Crippen LogP contribution in [0.3, 0.4) is 0 Å². The summed E-state index contributed by atoms with van der Waals surface area (Å²) in [6.45, 7) is 5.49. The molecule has 2 aromatic carbocycles. The van der Waals surface area contributed by atoms with E-state index in [1.165, 1.54) is 4.90 Å². The maximum atomic E-state index is 13.0. The molecule has 0 aliphatic carbocycles. The van der Waals surface area contributed by atoms with Crippen molar-refractivity contribution in [1.82, 2.24) is 10.2 Å². The van der Waals surface area contributed by atoms with Gasteiger partial charge in [-0.05, 0) is 62.2 Å². The van der Waals surface area contributed by atoms with Crippen LogP contribution in [0.4, 0.5) is 0 Å². The lowest BCUT2D eigenvalue weighted by Crippen LogP contribution is -2.50. The minimum atomic E-state index is -0.716. The topological polar surface area (TPSA) is 58.6 Å². The average Bonchev–Trinajstić information content (AvgIpc) is 2.72. The summed E-state index contributed by atoms with van der Waals surface area (Å²) in [6.07, 6.45) is 0.787. The Bertz CT molecular complexity index is 874. The third-order valence-corrected chi connectivity index (χ3v) is 5.54. The van der Waals surface area contributed by atoms with Gasteiger partial charge in [-0.15, -0.1) is 0 Å². The number of nitrogens with one attached hydrogen (secondary N) is 1. The van der Waals surface area contributed by atoms with Gasteiger partial charge in [-0.1, -0.05) is 47.8 Å². The van der Waals surface area contributed by atoms with Gasteiger partial charge in [0.25, 0.3) is 5.91 Å². The summed E-state index contributed by atoms with van der Waals surface area (Å²) in [5.41, 5.74) is 0.684. The van der Waals surface area contributed by atoms with E-state index < -0.39 is 6.04 Å². The smallest absolute Gasteiger partial charge is 0.261 e. The second kappa shape index (κ2) is 11.4. The van der Waals surface area contributed by atoms with Gasteiger partial charge < -0.3 is 15.0 Å². The van der Waals surface area contributed by atoms with E-state index in [2.05, 4.69) is 5.32 Å². The lowest BCUT2D eigenvalue weighted by molar-refractivity contribution is -0.142. The fourth-order valence-electron chi connectivity index (χ4n) is 2.64. The molecule has 8 heteroatoms. The largest absolute Gasteiger partial charge is 0.484 e. The van der Waals surface area contributed by atoms with Crippen molar-refractivity contribution in [3.05, 3.63) is 63.1 Å². The minimum absolute atomic E-state index is 0.00124. The molecule has 2 rings (SSSR count). The highest BCUT2D eigenvalue weighted by atomic mass is 35.5. The summed E-state index contributed by atoms with van der Waals surface area (Å²) in [4.78, 5) is 27.1. The van der Waals surface area contributed by atoms with Gasteiger partial charge in [0.2, 0.25) is 5.91 Å². The molecule has 162 valence electrons. The Morgan fingerprint density at radius 1 is 1.03 bits per heavy atom. The molecule has 0 aliphatic rings. The van der Waals surface area contributed by atoms with Gasteiger partial charge in [0.15, 0.2) is 6.61 Å². The highest BCUT2D eigenvalue weighted by Crippen LogP contribution is 2.23. The number of hydrogen-bond donors (Lipinski definition) is 1. The van der Waals surface area contributed by atoms with Crippen molar-refractivity contribution in [2.75, 3.05) is 6.61 Å². The Balaban J connectivity index is 2.18. The summed E-state index contributed by atoms with van der Waals surface area (Å²) >= 11 is 18.1. The number of hydrogen-bond acceptors (Lipinski definition) is 3. The molecule has 0 saturated carbocycles. The van der Waals surface area contributed by atoms with E-state index in [0.717, 1.165) is 6.42 Å². The Hall–Kier alpha value is -1.95. The van der Waals surface area contributed by atoms with Gasteiger partial charge in [0.1, 0.15) is 11.8 Å². The van der Waals surface area contributed by atoms with Gasteiger partial charge in [-0.3, -0.25) is 9.59 Å². The number of nitrogens with zero attached hydrogens (tertiary/aromatic N) is 1. The number of carbonyl (C=O) groups is 2. The molecular weight excluding hydrogens is 447 g/mol. The van der Waals surface area contributed by atoms with E-state index in [-0.39, 0.29) is 31.0 Å². The zero-order valence-corrected chi connectivity index (χ0v) is 19.4. The molecule has 0 unspecified atom stereocenters. The van der Waals surface area contributed by atoms with E-state index in [9.17, 15) is 9.59 Å². The maximum absolute atomic E-state index is 13.0. The standard InChI is InChI=1S/C22H25Cl3N2O3/c1-4-14(2)26-22(29)15(3)27(12-16-5-6-18(24)11-20(16)25)21(28)13-30-19-9-7-17(23)8-10-19/h5-11,14-15H,4,12-13H2,1-3H3,(H,26,29)/t14-,15+/m1/s1. The molecule has 2 aromatic rings. The predicted molar refractivity (Wildman–Crippen MR) is 121 cm³/mol. The lowest BCUT2D eigenvalue weighted by atomic mass is 10.1. The quantitative estimate of drug-likeness (QED) is 0.536. The first-order valence-corrected chi connectivity index (χ1v) is 10.8. The Kier molecular flexibility index (Phi) is 9.28. The summed E-state index contributed by atoms with van der Waals surface area (Å²) in [5, 5.41) is 4.40. The molecular formula is C22H25Cl3N2O3. The zero-order chi connectivity index (χ0) is 22.3. The molecule has 1 N–H and O–H groups in total. The van der Waals surface area contributed by atoms with Crippen LogP contribution >= 0.6 is 34.8 Å². The molecule has 5 nitrogen and oxygen atoms in total. The molecule has 0 bridgehead atoms. The molecule has 0 radical (unpaired) electrons. The van der Waals surface area contributed by atoms with Crippen molar-refractivity contribution >= 4 is 46.6 Å². The van der Waals surface area contributed by atoms with E-state index in [0.29, 0.717) is 26.4 Å². The first-order valence-electron chi connectivity index (χ1n) is 9.63. The Morgan fingerprint density at radius 3 is 2.27 bits per heavy atom. The highest BCUT2D eigenvalue weighted by molar-refractivity contribution is 6.35. The van der Waals surface area contributed by atoms with Crippen molar-refractivity contribution in [3.63, 3.8) is 0 Å². The number of amides is 2. The molecule has 30 heavy (non-hydrogen) atoms. The summed E-state index contributed by atoms with van der Waals surface area (Å²) in [7, 11) is 0. The summed E-state index contributed by atoms with van der Waals surface area (Å²) in [6, 6.07) is 11.0. The summed E-state index contributed by atoms with van der Waals surface area (Å²) < 4.78 is 5.59. The monoisotopic (exact) mass is 470 g/mol.